The molecule has 0 N–H and O–H groups in total. The quantitative estimate of drug-likeness (QED) is 0.711. The number of benzene rings is 2. The summed E-state index contributed by atoms with van der Waals surface area (Å²) in [5.41, 5.74) is 6.51. The molecule has 2 fully saturated rings. The predicted molar refractivity (Wildman–Crippen MR) is 98.2 cm³/mol. The molecule has 2 heterocycles. The molecule has 2 aromatic carbocycles. The van der Waals surface area contributed by atoms with Crippen LogP contribution in [-0.2, 0) is 0 Å². The minimum absolute atomic E-state index is 0.181. The fraction of sp³-hybridized carbons (Fsp3) is 0.381. The molecular formula is C21H22N2O. The second-order valence-corrected chi connectivity index (χ2v) is 7.18. The molecule has 24 heavy (non-hydrogen) atoms. The van der Waals surface area contributed by atoms with Gasteiger partial charge in [0.1, 0.15) is 0 Å². The van der Waals surface area contributed by atoms with Gasteiger partial charge in [0.2, 0.25) is 0 Å². The molecule has 122 valence electrons. The first-order chi connectivity index (χ1) is 11.8. The standard InChI is InChI=1S/C21H22N2O/c24-21-17-7-5-15(22-9-1-2-10-22)13-19(17)20-14-16(6-8-18(20)21)23-11-3-4-12-23/h5-8,13-14H,1-4,9-12H2. The SMILES string of the molecule is O=C1c2ccc(N3CCCC3)cc2-c2cc(N3CCCC3)ccc21. The van der Waals surface area contributed by atoms with E-state index < -0.39 is 0 Å². The molecule has 2 aromatic rings. The van der Waals surface area contributed by atoms with Gasteiger partial charge in [-0.1, -0.05) is 0 Å². The maximum Gasteiger partial charge on any atom is 0.194 e. The van der Waals surface area contributed by atoms with E-state index in [1.54, 1.807) is 0 Å². The Balaban J connectivity index is 1.59. The molecule has 0 radical (unpaired) electrons. The summed E-state index contributed by atoms with van der Waals surface area (Å²) in [6.07, 6.45) is 5.08. The maximum absolute atomic E-state index is 12.7. The summed E-state index contributed by atoms with van der Waals surface area (Å²) >= 11 is 0. The van der Waals surface area contributed by atoms with E-state index in [4.69, 9.17) is 0 Å². The second kappa shape index (κ2) is 5.37. The molecule has 0 atom stereocenters. The van der Waals surface area contributed by atoms with E-state index in [0.717, 1.165) is 48.4 Å². The summed E-state index contributed by atoms with van der Waals surface area (Å²) < 4.78 is 0. The molecule has 3 nitrogen and oxygen atoms in total. The van der Waals surface area contributed by atoms with E-state index in [1.165, 1.54) is 37.1 Å². The highest BCUT2D eigenvalue weighted by Crippen LogP contribution is 2.41. The van der Waals surface area contributed by atoms with Crippen LogP contribution in [0.5, 0.6) is 0 Å². The Morgan fingerprint density at radius 2 is 1.00 bits per heavy atom. The Kier molecular flexibility index (Phi) is 3.15. The van der Waals surface area contributed by atoms with Gasteiger partial charge in [0.05, 0.1) is 0 Å². The third kappa shape index (κ3) is 2.07. The molecule has 0 bridgehead atoms. The molecule has 0 aromatic heterocycles. The lowest BCUT2D eigenvalue weighted by molar-refractivity contribution is 0.104. The lowest BCUT2D eigenvalue weighted by Crippen LogP contribution is -2.17. The third-order valence-electron chi connectivity index (χ3n) is 5.73. The van der Waals surface area contributed by atoms with Gasteiger partial charge in [0.25, 0.3) is 0 Å². The molecule has 5 rings (SSSR count). The van der Waals surface area contributed by atoms with Gasteiger partial charge in [-0.3, -0.25) is 4.79 Å². The summed E-state index contributed by atoms with van der Waals surface area (Å²) in [6, 6.07) is 12.8. The highest BCUT2D eigenvalue weighted by atomic mass is 16.1. The Labute approximate surface area is 142 Å². The number of nitrogens with zero attached hydrogens (tertiary/aromatic N) is 2. The van der Waals surface area contributed by atoms with Crippen LogP contribution in [0.1, 0.15) is 41.6 Å². The molecule has 0 spiro atoms. The molecule has 2 saturated heterocycles. The lowest BCUT2D eigenvalue weighted by atomic mass is 10.0. The molecule has 3 heteroatoms. The van der Waals surface area contributed by atoms with Crippen molar-refractivity contribution < 1.29 is 4.79 Å². The van der Waals surface area contributed by atoms with Gasteiger partial charge in [0.15, 0.2) is 5.78 Å². The average Bonchev–Trinajstić information content (AvgIpc) is 3.36. The van der Waals surface area contributed by atoms with Crippen molar-refractivity contribution in [2.75, 3.05) is 36.0 Å². The van der Waals surface area contributed by atoms with Crippen molar-refractivity contribution in [3.8, 4) is 11.1 Å². The Bertz CT molecular complexity index is 747. The van der Waals surface area contributed by atoms with Crippen LogP contribution < -0.4 is 9.80 Å². The fourth-order valence-electron chi connectivity index (χ4n) is 4.40. The minimum atomic E-state index is 0.181. The molecular weight excluding hydrogens is 296 g/mol. The zero-order valence-electron chi connectivity index (χ0n) is 13.9. The van der Waals surface area contributed by atoms with Gasteiger partial charge >= 0.3 is 0 Å². The fourth-order valence-corrected chi connectivity index (χ4v) is 4.40. The minimum Gasteiger partial charge on any atom is -0.372 e. The van der Waals surface area contributed by atoms with Crippen LogP contribution >= 0.6 is 0 Å². The van der Waals surface area contributed by atoms with Crippen LogP contribution in [-0.4, -0.2) is 32.0 Å². The summed E-state index contributed by atoms with van der Waals surface area (Å²) in [5, 5.41) is 0. The highest BCUT2D eigenvalue weighted by Gasteiger charge is 2.28. The smallest absolute Gasteiger partial charge is 0.194 e. The van der Waals surface area contributed by atoms with Crippen molar-refractivity contribution in [1.29, 1.82) is 0 Å². The third-order valence-corrected chi connectivity index (χ3v) is 5.73. The predicted octanol–water partition coefficient (Wildman–Crippen LogP) is 4.10. The van der Waals surface area contributed by atoms with Crippen molar-refractivity contribution in [2.45, 2.75) is 25.7 Å². The van der Waals surface area contributed by atoms with Crippen LogP contribution in [0.2, 0.25) is 0 Å². The Morgan fingerprint density at radius 1 is 0.583 bits per heavy atom. The van der Waals surface area contributed by atoms with Crippen molar-refractivity contribution >= 4 is 17.2 Å². The van der Waals surface area contributed by atoms with Crippen LogP contribution in [0, 0.1) is 0 Å². The normalized spacial score (nSPS) is 19.1. The van der Waals surface area contributed by atoms with Crippen LogP contribution in [0.3, 0.4) is 0 Å². The zero-order chi connectivity index (χ0) is 16.1. The van der Waals surface area contributed by atoms with E-state index in [0.29, 0.717) is 0 Å². The topological polar surface area (TPSA) is 23.6 Å². The Hall–Kier alpha value is -2.29. The summed E-state index contributed by atoms with van der Waals surface area (Å²) in [7, 11) is 0. The van der Waals surface area contributed by atoms with Crippen molar-refractivity contribution in [1.82, 2.24) is 0 Å². The number of rotatable bonds is 2. The Morgan fingerprint density at radius 3 is 1.42 bits per heavy atom. The molecule has 2 aliphatic heterocycles. The van der Waals surface area contributed by atoms with Crippen molar-refractivity contribution in [2.24, 2.45) is 0 Å². The summed E-state index contributed by atoms with van der Waals surface area (Å²) in [6.45, 7) is 4.53. The first kappa shape index (κ1) is 14.1. The number of hydrogen-bond acceptors (Lipinski definition) is 3. The number of anilines is 2. The first-order valence-corrected chi connectivity index (χ1v) is 9.14. The van der Waals surface area contributed by atoms with Gasteiger partial charge < -0.3 is 9.80 Å². The van der Waals surface area contributed by atoms with E-state index in [9.17, 15) is 4.79 Å². The van der Waals surface area contributed by atoms with Crippen LogP contribution in [0.25, 0.3) is 11.1 Å². The van der Waals surface area contributed by atoms with E-state index >= 15 is 0 Å². The number of hydrogen-bond donors (Lipinski definition) is 0. The van der Waals surface area contributed by atoms with Gasteiger partial charge in [-0.25, -0.2) is 0 Å². The van der Waals surface area contributed by atoms with Gasteiger partial charge in [-0.2, -0.15) is 0 Å². The van der Waals surface area contributed by atoms with Gasteiger partial charge in [-0.15, -0.1) is 0 Å². The van der Waals surface area contributed by atoms with E-state index in [-0.39, 0.29) is 5.78 Å². The van der Waals surface area contributed by atoms with E-state index in [1.807, 2.05) is 12.1 Å². The number of carbonyl (C=O) groups excluding carboxylic acids is 1. The lowest BCUT2D eigenvalue weighted by Gasteiger charge is -2.19. The monoisotopic (exact) mass is 318 g/mol. The van der Waals surface area contributed by atoms with Crippen molar-refractivity contribution in [3.05, 3.63) is 47.5 Å². The van der Waals surface area contributed by atoms with E-state index in [2.05, 4.69) is 34.1 Å². The molecule has 0 unspecified atom stereocenters. The molecule has 1 aliphatic carbocycles. The van der Waals surface area contributed by atoms with Crippen molar-refractivity contribution in [3.63, 3.8) is 0 Å². The molecule has 3 aliphatic rings. The second-order valence-electron chi connectivity index (χ2n) is 7.18. The number of fused-ring (bicyclic) bond motifs is 3. The highest BCUT2D eigenvalue weighted by molar-refractivity contribution is 6.22. The van der Waals surface area contributed by atoms with Crippen LogP contribution in [0.4, 0.5) is 11.4 Å². The number of ketones is 1. The number of carbonyl (C=O) groups is 1. The first-order valence-electron chi connectivity index (χ1n) is 9.14. The summed E-state index contributed by atoms with van der Waals surface area (Å²) in [5.74, 6) is 0.181. The zero-order valence-corrected chi connectivity index (χ0v) is 13.9. The van der Waals surface area contributed by atoms with Gasteiger partial charge in [0, 0.05) is 48.7 Å². The molecule has 0 saturated carbocycles. The van der Waals surface area contributed by atoms with Crippen LogP contribution in [0.15, 0.2) is 36.4 Å². The average molecular weight is 318 g/mol. The largest absolute Gasteiger partial charge is 0.372 e. The molecule has 0 amide bonds. The van der Waals surface area contributed by atoms with Gasteiger partial charge in [-0.05, 0) is 73.2 Å². The maximum atomic E-state index is 12.7. The summed E-state index contributed by atoms with van der Waals surface area (Å²) in [4.78, 5) is 17.6.